The number of carbonyl (C=O) groups excluding carboxylic acids is 2. The molecule has 1 aliphatic rings. The van der Waals surface area contributed by atoms with Gasteiger partial charge in [0, 0.05) is 17.3 Å². The van der Waals surface area contributed by atoms with Crippen LogP contribution in [0.5, 0.6) is 0 Å². The zero-order valence-electron chi connectivity index (χ0n) is 18.2. The van der Waals surface area contributed by atoms with Crippen LogP contribution in [-0.2, 0) is 22.6 Å². The fourth-order valence-corrected chi connectivity index (χ4v) is 4.99. The topological polar surface area (TPSA) is 95.7 Å². The van der Waals surface area contributed by atoms with E-state index in [4.69, 9.17) is 5.73 Å². The van der Waals surface area contributed by atoms with Gasteiger partial charge in [-0.2, -0.15) is 0 Å². The summed E-state index contributed by atoms with van der Waals surface area (Å²) in [6.07, 6.45) is -0.996. The van der Waals surface area contributed by atoms with Crippen LogP contribution < -0.4 is 11.1 Å². The summed E-state index contributed by atoms with van der Waals surface area (Å²) < 4.78 is -0.477. The molecule has 1 heterocycles. The number of carbonyl (C=O) groups is 2. The van der Waals surface area contributed by atoms with E-state index in [1.54, 1.807) is 0 Å². The maximum absolute atomic E-state index is 13.1. The molecule has 4 N–H and O–H groups in total. The van der Waals surface area contributed by atoms with E-state index in [1.165, 1.54) is 16.7 Å². The SMILES string of the molecule is Cc1ccccc1CNC(=O)C1N(C(=O)C(O)[C@@H](N)Cc2ccccc2)CSC1(C)C. The Bertz CT molecular complexity index is 919. The van der Waals surface area contributed by atoms with Crippen molar-refractivity contribution in [1.82, 2.24) is 10.2 Å². The Morgan fingerprint density at radius 2 is 1.84 bits per heavy atom. The summed E-state index contributed by atoms with van der Waals surface area (Å²) >= 11 is 1.52. The summed E-state index contributed by atoms with van der Waals surface area (Å²) in [6.45, 7) is 6.27. The number of amides is 2. The highest BCUT2D eigenvalue weighted by molar-refractivity contribution is 8.00. The highest BCUT2D eigenvalue weighted by Crippen LogP contribution is 2.39. The Balaban J connectivity index is 1.69. The Hall–Kier alpha value is -2.35. The quantitative estimate of drug-likeness (QED) is 0.612. The van der Waals surface area contributed by atoms with E-state index in [9.17, 15) is 14.7 Å². The second kappa shape index (κ2) is 9.85. The fraction of sp³-hybridized carbons (Fsp3) is 0.417. The number of hydrogen-bond acceptors (Lipinski definition) is 5. The van der Waals surface area contributed by atoms with Crippen LogP contribution in [0.15, 0.2) is 54.6 Å². The molecule has 0 saturated carbocycles. The summed E-state index contributed by atoms with van der Waals surface area (Å²) in [5.41, 5.74) is 9.23. The van der Waals surface area contributed by atoms with Gasteiger partial charge >= 0.3 is 0 Å². The van der Waals surface area contributed by atoms with Crippen molar-refractivity contribution in [2.75, 3.05) is 5.88 Å². The van der Waals surface area contributed by atoms with Gasteiger partial charge in [0.2, 0.25) is 5.91 Å². The lowest BCUT2D eigenvalue weighted by atomic mass is 9.97. The molecule has 6 nitrogen and oxygen atoms in total. The van der Waals surface area contributed by atoms with Crippen LogP contribution in [0.4, 0.5) is 0 Å². The number of aryl methyl sites for hydroxylation is 1. The Morgan fingerprint density at radius 3 is 2.52 bits per heavy atom. The Morgan fingerprint density at radius 1 is 1.19 bits per heavy atom. The van der Waals surface area contributed by atoms with Crippen molar-refractivity contribution >= 4 is 23.6 Å². The Kier molecular flexibility index (Phi) is 7.41. The summed E-state index contributed by atoms with van der Waals surface area (Å²) in [5, 5.41) is 13.6. The molecule has 0 aliphatic carbocycles. The van der Waals surface area contributed by atoms with Gasteiger partial charge in [-0.25, -0.2) is 0 Å². The van der Waals surface area contributed by atoms with Gasteiger partial charge in [-0.05, 0) is 43.9 Å². The van der Waals surface area contributed by atoms with E-state index in [0.29, 0.717) is 18.8 Å². The van der Waals surface area contributed by atoms with Gasteiger partial charge in [0.15, 0.2) is 0 Å². The van der Waals surface area contributed by atoms with E-state index in [-0.39, 0.29) is 5.91 Å². The molecule has 31 heavy (non-hydrogen) atoms. The van der Waals surface area contributed by atoms with Gasteiger partial charge in [-0.15, -0.1) is 11.8 Å². The van der Waals surface area contributed by atoms with Gasteiger partial charge in [-0.1, -0.05) is 54.6 Å². The first-order chi connectivity index (χ1) is 14.7. The molecular weight excluding hydrogens is 410 g/mol. The average Bonchev–Trinajstić information content (AvgIpc) is 3.07. The number of nitrogens with one attached hydrogen (secondary N) is 1. The fourth-order valence-electron chi connectivity index (χ4n) is 3.85. The molecule has 2 unspecified atom stereocenters. The first-order valence-electron chi connectivity index (χ1n) is 10.4. The van der Waals surface area contributed by atoms with Gasteiger partial charge in [-0.3, -0.25) is 9.59 Å². The van der Waals surface area contributed by atoms with Crippen LogP contribution in [0.25, 0.3) is 0 Å². The molecule has 1 saturated heterocycles. The first-order valence-corrected chi connectivity index (χ1v) is 11.4. The lowest BCUT2D eigenvalue weighted by molar-refractivity contribution is -0.147. The summed E-state index contributed by atoms with van der Waals surface area (Å²) in [4.78, 5) is 27.7. The monoisotopic (exact) mass is 441 g/mol. The predicted octanol–water partition coefficient (Wildman–Crippen LogP) is 2.22. The summed E-state index contributed by atoms with van der Waals surface area (Å²) in [7, 11) is 0. The molecule has 0 spiro atoms. The average molecular weight is 442 g/mol. The number of rotatable bonds is 7. The van der Waals surface area contributed by atoms with E-state index in [1.807, 2.05) is 75.4 Å². The molecule has 2 aromatic carbocycles. The van der Waals surface area contributed by atoms with E-state index in [0.717, 1.165) is 16.7 Å². The Labute approximate surface area is 188 Å². The molecule has 2 amide bonds. The molecule has 1 fully saturated rings. The van der Waals surface area contributed by atoms with Gasteiger partial charge < -0.3 is 21.1 Å². The maximum Gasteiger partial charge on any atom is 0.254 e. The van der Waals surface area contributed by atoms with Crippen molar-refractivity contribution in [3.63, 3.8) is 0 Å². The number of nitrogens with zero attached hydrogens (tertiary/aromatic N) is 1. The lowest BCUT2D eigenvalue weighted by Gasteiger charge is -2.32. The number of hydrogen-bond donors (Lipinski definition) is 3. The molecule has 2 aromatic rings. The molecule has 1 aliphatic heterocycles. The smallest absolute Gasteiger partial charge is 0.254 e. The largest absolute Gasteiger partial charge is 0.382 e. The van der Waals surface area contributed by atoms with Crippen molar-refractivity contribution in [3.05, 3.63) is 71.3 Å². The zero-order chi connectivity index (χ0) is 22.6. The predicted molar refractivity (Wildman–Crippen MR) is 124 cm³/mol. The zero-order valence-corrected chi connectivity index (χ0v) is 19.1. The molecular formula is C24H31N3O3S. The van der Waals surface area contributed by atoms with Gasteiger partial charge in [0.25, 0.3) is 5.91 Å². The molecule has 3 rings (SSSR count). The number of aliphatic hydroxyl groups is 1. The van der Waals surface area contributed by atoms with E-state index in [2.05, 4.69) is 5.32 Å². The third kappa shape index (κ3) is 5.47. The highest BCUT2D eigenvalue weighted by atomic mass is 32.2. The van der Waals surface area contributed by atoms with Crippen LogP contribution in [0.3, 0.4) is 0 Å². The van der Waals surface area contributed by atoms with Crippen molar-refractivity contribution in [3.8, 4) is 0 Å². The van der Waals surface area contributed by atoms with E-state index < -0.39 is 28.8 Å². The van der Waals surface area contributed by atoms with E-state index >= 15 is 0 Å². The van der Waals surface area contributed by atoms with Crippen LogP contribution >= 0.6 is 11.8 Å². The molecule has 0 bridgehead atoms. The molecule has 0 radical (unpaired) electrons. The molecule has 166 valence electrons. The molecule has 0 aromatic heterocycles. The minimum atomic E-state index is -1.37. The minimum Gasteiger partial charge on any atom is -0.382 e. The second-order valence-electron chi connectivity index (χ2n) is 8.53. The highest BCUT2D eigenvalue weighted by Gasteiger charge is 2.49. The normalized spacial score (nSPS) is 19.6. The van der Waals surface area contributed by atoms with Crippen LogP contribution in [-0.4, -0.2) is 50.6 Å². The third-order valence-electron chi connectivity index (χ3n) is 5.76. The van der Waals surface area contributed by atoms with Crippen LogP contribution in [0.2, 0.25) is 0 Å². The molecule has 3 atom stereocenters. The van der Waals surface area contributed by atoms with Crippen molar-refractivity contribution < 1.29 is 14.7 Å². The number of aliphatic hydroxyl groups excluding tert-OH is 1. The third-order valence-corrected chi connectivity index (χ3v) is 7.14. The van der Waals surface area contributed by atoms with Crippen molar-refractivity contribution in [2.45, 2.75) is 56.7 Å². The summed E-state index contributed by atoms with van der Waals surface area (Å²) in [6, 6.07) is 15.9. The number of nitrogens with two attached hydrogens (primary N) is 1. The van der Waals surface area contributed by atoms with Crippen molar-refractivity contribution in [2.24, 2.45) is 5.73 Å². The van der Waals surface area contributed by atoms with Gasteiger partial charge in [0.1, 0.15) is 12.1 Å². The van der Waals surface area contributed by atoms with Gasteiger partial charge in [0.05, 0.1) is 5.88 Å². The molecule has 7 heteroatoms. The minimum absolute atomic E-state index is 0.226. The number of benzene rings is 2. The van der Waals surface area contributed by atoms with Crippen LogP contribution in [0, 0.1) is 6.92 Å². The lowest BCUT2D eigenvalue weighted by Crippen LogP contribution is -2.57. The first kappa shape index (κ1) is 23.3. The maximum atomic E-state index is 13.1. The second-order valence-corrected chi connectivity index (χ2v) is 10.1. The number of thioether (sulfide) groups is 1. The standard InChI is InChI=1S/C24H31N3O3S/c1-16-9-7-8-12-18(16)14-26-22(29)21-24(2,3)31-15-27(21)23(30)20(28)19(25)13-17-10-5-4-6-11-17/h4-12,19-21,28H,13-15,25H2,1-3H3,(H,26,29)/t19-,20?,21?/m0/s1. The van der Waals surface area contributed by atoms with Crippen molar-refractivity contribution in [1.29, 1.82) is 0 Å². The summed E-state index contributed by atoms with van der Waals surface area (Å²) in [5.74, 6) is -0.392. The van der Waals surface area contributed by atoms with Crippen LogP contribution in [0.1, 0.15) is 30.5 Å².